The molecule has 434 valence electrons. The summed E-state index contributed by atoms with van der Waals surface area (Å²) in [5.41, 5.74) is 0. The minimum absolute atomic E-state index is 0.184. The first-order chi connectivity index (χ1) is 36.6. The Bertz CT molecular complexity index is 1460. The molecule has 0 aromatic heterocycles. The molecule has 0 aromatic rings. The number of hydrogen-bond donors (Lipinski definition) is 1. The van der Waals surface area contributed by atoms with E-state index in [1.54, 1.807) is 0 Å². The van der Waals surface area contributed by atoms with Crippen molar-refractivity contribution in [3.05, 3.63) is 72.9 Å². The van der Waals surface area contributed by atoms with Crippen LogP contribution in [0.3, 0.4) is 0 Å². The van der Waals surface area contributed by atoms with Crippen LogP contribution in [0.5, 0.6) is 0 Å². The summed E-state index contributed by atoms with van der Waals surface area (Å²) < 4.78 is 22.9. The Morgan fingerprint density at radius 3 is 1.13 bits per heavy atom. The Balaban J connectivity index is 4.20. The maximum Gasteiger partial charge on any atom is 0.361 e. The maximum absolute atomic E-state index is 12.9. The summed E-state index contributed by atoms with van der Waals surface area (Å²) in [4.78, 5) is 37.5. The van der Waals surface area contributed by atoms with E-state index in [1.165, 1.54) is 167 Å². The second kappa shape index (κ2) is 56.9. The lowest BCUT2D eigenvalue weighted by Crippen LogP contribution is -2.40. The highest BCUT2D eigenvalue weighted by Crippen LogP contribution is 2.17. The number of carboxylic acids is 1. The highest BCUT2D eigenvalue weighted by atomic mass is 16.7. The molecular weight excluding hydrogens is 935 g/mol. The fraction of sp³-hybridized carbons (Fsp3) is 0.773. The lowest BCUT2D eigenvalue weighted by Gasteiger charge is -2.25. The molecule has 9 heteroatoms. The molecule has 0 heterocycles. The second-order valence-corrected chi connectivity index (χ2v) is 22.0. The molecule has 0 fully saturated rings. The van der Waals surface area contributed by atoms with Crippen LogP contribution in [-0.4, -0.2) is 87.4 Å². The van der Waals surface area contributed by atoms with Gasteiger partial charge in [0, 0.05) is 12.8 Å². The number of hydrogen-bond acceptors (Lipinski definition) is 7. The van der Waals surface area contributed by atoms with Gasteiger partial charge in [-0.3, -0.25) is 9.59 Å². The van der Waals surface area contributed by atoms with E-state index in [0.29, 0.717) is 17.4 Å². The number of ether oxygens (including phenoxy) is 4. The number of carboxylic acid groups (broad SMARTS) is 1. The Morgan fingerprint density at radius 2 is 0.760 bits per heavy atom. The molecule has 0 aliphatic heterocycles. The van der Waals surface area contributed by atoms with Crippen molar-refractivity contribution >= 4 is 17.9 Å². The van der Waals surface area contributed by atoms with Gasteiger partial charge >= 0.3 is 17.9 Å². The van der Waals surface area contributed by atoms with Crippen molar-refractivity contribution in [1.82, 2.24) is 0 Å². The molecule has 0 aliphatic carbocycles. The zero-order valence-electron chi connectivity index (χ0n) is 49.4. The summed E-state index contributed by atoms with van der Waals surface area (Å²) in [6.45, 7) is 4.78. The molecule has 0 amide bonds. The van der Waals surface area contributed by atoms with Crippen LogP contribution in [0.2, 0.25) is 0 Å². The van der Waals surface area contributed by atoms with Gasteiger partial charge in [-0.2, -0.15) is 0 Å². The number of unbranched alkanes of at least 4 members (excludes halogenated alkanes) is 30. The third-order valence-corrected chi connectivity index (χ3v) is 13.4. The number of quaternary nitrogens is 1. The lowest BCUT2D eigenvalue weighted by atomic mass is 10.0. The molecule has 0 aliphatic rings. The van der Waals surface area contributed by atoms with E-state index >= 15 is 0 Å². The van der Waals surface area contributed by atoms with Crippen molar-refractivity contribution in [1.29, 1.82) is 0 Å². The van der Waals surface area contributed by atoms with E-state index in [0.717, 1.165) is 77.0 Å². The predicted molar refractivity (Wildman–Crippen MR) is 318 cm³/mol. The highest BCUT2D eigenvalue weighted by Gasteiger charge is 2.25. The minimum Gasteiger partial charge on any atom is -0.477 e. The van der Waals surface area contributed by atoms with E-state index in [4.69, 9.17) is 18.9 Å². The lowest BCUT2D eigenvalue weighted by molar-refractivity contribution is -0.870. The topological polar surface area (TPSA) is 108 Å². The van der Waals surface area contributed by atoms with Crippen molar-refractivity contribution in [3.8, 4) is 0 Å². The number of nitrogens with zero attached hydrogens (tertiary/aromatic N) is 1. The smallest absolute Gasteiger partial charge is 0.361 e. The van der Waals surface area contributed by atoms with Gasteiger partial charge in [-0.05, 0) is 83.5 Å². The van der Waals surface area contributed by atoms with E-state index in [2.05, 4.69) is 86.8 Å². The Morgan fingerprint density at radius 1 is 0.413 bits per heavy atom. The van der Waals surface area contributed by atoms with Gasteiger partial charge in [0.25, 0.3) is 6.29 Å². The average Bonchev–Trinajstić information content (AvgIpc) is 3.38. The largest absolute Gasteiger partial charge is 0.477 e. The average molecular weight is 1050 g/mol. The molecule has 0 saturated carbocycles. The number of aliphatic carboxylic acids is 1. The quantitative estimate of drug-likeness (QED) is 0.0211. The summed E-state index contributed by atoms with van der Waals surface area (Å²) in [5, 5.41) is 9.72. The summed E-state index contributed by atoms with van der Waals surface area (Å²) >= 11 is 0. The van der Waals surface area contributed by atoms with Crippen LogP contribution in [0.4, 0.5) is 0 Å². The summed E-state index contributed by atoms with van der Waals surface area (Å²) in [5.74, 6) is -2.00. The third-order valence-electron chi connectivity index (χ3n) is 13.4. The predicted octanol–water partition coefficient (Wildman–Crippen LogP) is 18.6. The van der Waals surface area contributed by atoms with Crippen LogP contribution in [0.25, 0.3) is 0 Å². The normalized spacial score (nSPS) is 13.2. The zero-order chi connectivity index (χ0) is 54.8. The highest BCUT2D eigenvalue weighted by molar-refractivity contribution is 5.71. The number of carbonyl (C=O) groups is 3. The van der Waals surface area contributed by atoms with Crippen LogP contribution in [0.15, 0.2) is 72.9 Å². The number of likely N-dealkylation sites (N-methyl/N-ethyl adjacent to an activating group) is 1. The number of allylic oxidation sites excluding steroid dienone is 12. The fourth-order valence-electron chi connectivity index (χ4n) is 8.68. The van der Waals surface area contributed by atoms with Gasteiger partial charge < -0.3 is 28.5 Å². The van der Waals surface area contributed by atoms with Crippen LogP contribution in [-0.2, 0) is 33.3 Å². The Labute approximate surface area is 462 Å². The van der Waals surface area contributed by atoms with Crippen LogP contribution < -0.4 is 0 Å². The zero-order valence-corrected chi connectivity index (χ0v) is 49.4. The van der Waals surface area contributed by atoms with Gasteiger partial charge in [0.1, 0.15) is 13.2 Å². The van der Waals surface area contributed by atoms with Crippen molar-refractivity contribution in [2.75, 3.05) is 47.5 Å². The van der Waals surface area contributed by atoms with Crippen LogP contribution in [0.1, 0.15) is 271 Å². The van der Waals surface area contributed by atoms with Crippen LogP contribution in [0, 0.1) is 0 Å². The summed E-state index contributed by atoms with van der Waals surface area (Å²) in [6, 6.07) is 0. The molecular formula is C66H118NO8+. The summed E-state index contributed by atoms with van der Waals surface area (Å²) in [6.07, 6.45) is 71.2. The minimum atomic E-state index is -1.51. The Hall–Kier alpha value is -3.27. The van der Waals surface area contributed by atoms with Crippen molar-refractivity contribution in [2.45, 2.75) is 283 Å². The molecule has 0 bridgehead atoms. The second-order valence-electron chi connectivity index (χ2n) is 22.0. The summed E-state index contributed by atoms with van der Waals surface area (Å²) in [7, 11) is 5.97. The van der Waals surface area contributed by atoms with Crippen molar-refractivity contribution in [2.24, 2.45) is 0 Å². The molecule has 9 nitrogen and oxygen atoms in total. The molecule has 0 spiro atoms. The first-order valence-electron chi connectivity index (χ1n) is 31.1. The molecule has 75 heavy (non-hydrogen) atoms. The van der Waals surface area contributed by atoms with E-state index in [9.17, 15) is 19.5 Å². The van der Waals surface area contributed by atoms with Gasteiger partial charge in [-0.25, -0.2) is 4.79 Å². The fourth-order valence-corrected chi connectivity index (χ4v) is 8.68. The molecule has 0 rings (SSSR count). The third kappa shape index (κ3) is 58.3. The van der Waals surface area contributed by atoms with Crippen LogP contribution >= 0.6 is 0 Å². The molecule has 0 saturated heterocycles. The monoisotopic (exact) mass is 1050 g/mol. The molecule has 2 unspecified atom stereocenters. The molecule has 0 aromatic carbocycles. The SMILES string of the molecule is CC/C=C\C/C=C\C/C=C\C/C=C\CCCCCCCCCCCCCCC(=O)OC(COC(=O)CCCCCCCCCCCCCCC/C=C\C/C=C\CCCCCCC)COC(OCC[N+](C)(C)C)C(=O)O. The van der Waals surface area contributed by atoms with Crippen molar-refractivity contribution < 1.29 is 42.9 Å². The standard InChI is InChI=1S/C66H117NO8/c1-6-8-10-12-14-16-18-20-22-24-26-28-30-32-34-36-38-40-42-44-46-48-50-52-54-56-63(68)73-60-62(61-74-66(65(70)71)72-59-58-67(3,4)5)75-64(69)57-55-53-51-49-47-45-43-41-39-37-35-33-31-29-27-25-23-21-19-17-15-13-11-9-7-2/h9,11,15,17-18,20-21,23-24,26-27,29,62,66H,6-8,10,12-14,16,19,22,25,28,30-61H2,1-5H3/p+1/b11-9-,17-15-,20-18-,23-21-,26-24-,29-27-. The van der Waals surface area contributed by atoms with E-state index < -0.39 is 24.3 Å². The Kier molecular flexibility index (Phi) is 54.4. The van der Waals surface area contributed by atoms with Crippen molar-refractivity contribution in [3.63, 3.8) is 0 Å². The first kappa shape index (κ1) is 71.7. The van der Waals surface area contributed by atoms with Gasteiger partial charge in [0.05, 0.1) is 34.4 Å². The molecule has 0 radical (unpaired) electrons. The van der Waals surface area contributed by atoms with E-state index in [-0.39, 0.29) is 32.2 Å². The van der Waals surface area contributed by atoms with Gasteiger partial charge in [0.15, 0.2) is 6.10 Å². The number of esters is 2. The maximum atomic E-state index is 12.9. The van der Waals surface area contributed by atoms with Gasteiger partial charge in [-0.15, -0.1) is 0 Å². The van der Waals surface area contributed by atoms with E-state index in [1.807, 2.05) is 21.1 Å². The first-order valence-corrected chi connectivity index (χ1v) is 31.1. The molecule has 1 N–H and O–H groups in total. The van der Waals surface area contributed by atoms with Gasteiger partial charge in [0.2, 0.25) is 0 Å². The molecule has 2 atom stereocenters. The number of rotatable bonds is 57. The van der Waals surface area contributed by atoms with Gasteiger partial charge in [-0.1, -0.05) is 247 Å². The number of carbonyl (C=O) groups excluding carboxylic acids is 2.